The van der Waals surface area contributed by atoms with Crippen molar-refractivity contribution in [2.75, 3.05) is 23.4 Å². The molecule has 0 fully saturated rings. The molecule has 0 saturated carbocycles. The quantitative estimate of drug-likeness (QED) is 0.717. The Morgan fingerprint density at radius 1 is 1.47 bits per heavy atom. The third-order valence-electron chi connectivity index (χ3n) is 2.66. The molecule has 0 aliphatic carbocycles. The number of nitriles is 1. The lowest BCUT2D eigenvalue weighted by Crippen LogP contribution is -2.41. The lowest BCUT2D eigenvalue weighted by Gasteiger charge is -2.30. The Labute approximate surface area is 97.3 Å². The maximum absolute atomic E-state index is 11.6. The Morgan fingerprint density at radius 3 is 2.76 bits per heavy atom. The molecular formula is C11H9N3O3. The molecule has 86 valence electrons. The van der Waals surface area contributed by atoms with Gasteiger partial charge < -0.3 is 10.0 Å². The van der Waals surface area contributed by atoms with Crippen LogP contribution in [0.4, 0.5) is 11.4 Å². The van der Waals surface area contributed by atoms with E-state index in [0.29, 0.717) is 11.4 Å². The molecule has 1 N–H and O–H groups in total. The molecule has 1 aromatic rings. The molecule has 0 bridgehead atoms. The SMILES string of the molecule is CN1C(=O)CN(C#N)c2ccc(C(=O)O)cc21. The van der Waals surface area contributed by atoms with Crippen molar-refractivity contribution in [1.82, 2.24) is 0 Å². The highest BCUT2D eigenvalue weighted by molar-refractivity contribution is 6.05. The molecule has 0 atom stereocenters. The number of rotatable bonds is 1. The Morgan fingerprint density at radius 2 is 2.18 bits per heavy atom. The maximum atomic E-state index is 11.6. The first kappa shape index (κ1) is 11.0. The van der Waals surface area contributed by atoms with E-state index in [1.165, 1.54) is 28.0 Å². The van der Waals surface area contributed by atoms with Gasteiger partial charge in [0.15, 0.2) is 6.19 Å². The van der Waals surface area contributed by atoms with E-state index in [1.807, 2.05) is 6.19 Å². The fourth-order valence-corrected chi connectivity index (χ4v) is 1.70. The van der Waals surface area contributed by atoms with Crippen LogP contribution in [-0.4, -0.2) is 30.6 Å². The van der Waals surface area contributed by atoms with Crippen LogP contribution in [0, 0.1) is 11.5 Å². The van der Waals surface area contributed by atoms with Crippen molar-refractivity contribution in [1.29, 1.82) is 5.26 Å². The van der Waals surface area contributed by atoms with Gasteiger partial charge in [0, 0.05) is 7.05 Å². The van der Waals surface area contributed by atoms with Gasteiger partial charge >= 0.3 is 5.97 Å². The molecule has 1 aromatic carbocycles. The fraction of sp³-hybridized carbons (Fsp3) is 0.182. The van der Waals surface area contributed by atoms with Gasteiger partial charge in [0.05, 0.1) is 16.9 Å². The molecule has 1 aliphatic rings. The minimum Gasteiger partial charge on any atom is -0.478 e. The lowest BCUT2D eigenvalue weighted by atomic mass is 10.1. The topological polar surface area (TPSA) is 84.6 Å². The second-order valence-electron chi connectivity index (χ2n) is 3.65. The second kappa shape index (κ2) is 3.79. The first-order valence-corrected chi connectivity index (χ1v) is 4.85. The highest BCUT2D eigenvalue weighted by Crippen LogP contribution is 2.33. The molecule has 1 amide bonds. The number of aromatic carboxylic acids is 1. The standard InChI is InChI=1S/C11H9N3O3/c1-13-9-4-7(11(16)17)2-3-8(9)14(6-12)5-10(13)15/h2-4H,5H2,1H3,(H,16,17). The van der Waals surface area contributed by atoms with E-state index in [0.717, 1.165) is 0 Å². The number of benzene rings is 1. The number of anilines is 2. The van der Waals surface area contributed by atoms with E-state index in [1.54, 1.807) is 7.05 Å². The summed E-state index contributed by atoms with van der Waals surface area (Å²) in [4.78, 5) is 25.0. The third kappa shape index (κ3) is 1.67. The van der Waals surface area contributed by atoms with E-state index in [4.69, 9.17) is 10.4 Å². The number of fused-ring (bicyclic) bond motifs is 1. The van der Waals surface area contributed by atoms with Crippen LogP contribution >= 0.6 is 0 Å². The lowest BCUT2D eigenvalue weighted by molar-refractivity contribution is -0.117. The summed E-state index contributed by atoms with van der Waals surface area (Å²) >= 11 is 0. The smallest absolute Gasteiger partial charge is 0.335 e. The summed E-state index contributed by atoms with van der Waals surface area (Å²) in [5, 5.41) is 17.8. The van der Waals surface area contributed by atoms with Gasteiger partial charge in [-0.25, -0.2) is 4.79 Å². The number of carboxylic acids is 1. The predicted octanol–water partition coefficient (Wildman–Crippen LogP) is 0.649. The van der Waals surface area contributed by atoms with Crippen molar-refractivity contribution >= 4 is 23.3 Å². The summed E-state index contributed by atoms with van der Waals surface area (Å²) < 4.78 is 0. The monoisotopic (exact) mass is 231 g/mol. The van der Waals surface area contributed by atoms with Crippen molar-refractivity contribution in [3.63, 3.8) is 0 Å². The summed E-state index contributed by atoms with van der Waals surface area (Å²) in [5.74, 6) is -1.32. The average molecular weight is 231 g/mol. The minimum atomic E-state index is -1.07. The van der Waals surface area contributed by atoms with Crippen LogP contribution in [-0.2, 0) is 4.79 Å². The van der Waals surface area contributed by atoms with E-state index in [2.05, 4.69) is 0 Å². The molecule has 1 aliphatic heterocycles. The highest BCUT2D eigenvalue weighted by Gasteiger charge is 2.27. The predicted molar refractivity (Wildman–Crippen MR) is 59.8 cm³/mol. The van der Waals surface area contributed by atoms with Crippen LogP contribution < -0.4 is 9.80 Å². The second-order valence-corrected chi connectivity index (χ2v) is 3.65. The summed E-state index contributed by atoms with van der Waals surface area (Å²) in [6.45, 7) is -0.0214. The number of likely N-dealkylation sites (N-methyl/N-ethyl adjacent to an activating group) is 1. The largest absolute Gasteiger partial charge is 0.478 e. The zero-order valence-electron chi connectivity index (χ0n) is 9.04. The molecule has 17 heavy (non-hydrogen) atoms. The average Bonchev–Trinajstić information content (AvgIpc) is 2.33. The molecule has 0 aromatic heterocycles. The first-order valence-electron chi connectivity index (χ1n) is 4.85. The summed E-state index contributed by atoms with van der Waals surface area (Å²) in [6.07, 6.45) is 1.90. The van der Waals surface area contributed by atoms with E-state index in [9.17, 15) is 9.59 Å². The van der Waals surface area contributed by atoms with Gasteiger partial charge in [-0.1, -0.05) is 0 Å². The molecule has 6 nitrogen and oxygen atoms in total. The van der Waals surface area contributed by atoms with Gasteiger partial charge in [0.25, 0.3) is 0 Å². The number of carbonyl (C=O) groups is 2. The van der Waals surface area contributed by atoms with E-state index >= 15 is 0 Å². The van der Waals surface area contributed by atoms with Crippen molar-refractivity contribution < 1.29 is 14.7 Å². The summed E-state index contributed by atoms with van der Waals surface area (Å²) in [5.41, 5.74) is 1.06. The van der Waals surface area contributed by atoms with Crippen molar-refractivity contribution in [3.05, 3.63) is 23.8 Å². The molecule has 1 heterocycles. The summed E-state index contributed by atoms with van der Waals surface area (Å²) in [7, 11) is 1.56. The highest BCUT2D eigenvalue weighted by atomic mass is 16.4. The third-order valence-corrected chi connectivity index (χ3v) is 2.66. The molecule has 2 rings (SSSR count). The fourth-order valence-electron chi connectivity index (χ4n) is 1.70. The number of carboxylic acid groups (broad SMARTS) is 1. The van der Waals surface area contributed by atoms with Crippen molar-refractivity contribution in [3.8, 4) is 6.19 Å². The van der Waals surface area contributed by atoms with Crippen LogP contribution in [0.5, 0.6) is 0 Å². The Bertz CT molecular complexity index is 547. The number of hydrogen-bond acceptors (Lipinski definition) is 4. The zero-order chi connectivity index (χ0) is 12.6. The first-order chi connectivity index (χ1) is 8.04. The van der Waals surface area contributed by atoms with Gasteiger partial charge in [-0.15, -0.1) is 0 Å². The minimum absolute atomic E-state index is 0.0214. The van der Waals surface area contributed by atoms with Crippen LogP contribution in [0.2, 0.25) is 0 Å². The van der Waals surface area contributed by atoms with Crippen LogP contribution in [0.15, 0.2) is 18.2 Å². The van der Waals surface area contributed by atoms with Gasteiger partial charge in [-0.2, -0.15) is 5.26 Å². The number of hydrogen-bond donors (Lipinski definition) is 1. The van der Waals surface area contributed by atoms with Crippen molar-refractivity contribution in [2.45, 2.75) is 0 Å². The van der Waals surface area contributed by atoms with Gasteiger partial charge in [-0.3, -0.25) is 9.69 Å². The zero-order valence-corrected chi connectivity index (χ0v) is 9.04. The number of nitrogens with zero attached hydrogens (tertiary/aromatic N) is 3. The molecular weight excluding hydrogens is 222 g/mol. The molecule has 0 saturated heterocycles. The molecule has 0 radical (unpaired) electrons. The molecule has 0 spiro atoms. The Kier molecular flexibility index (Phi) is 2.44. The normalized spacial score (nSPS) is 14.2. The summed E-state index contributed by atoms with van der Waals surface area (Å²) in [6, 6.07) is 4.33. The molecule has 0 unspecified atom stereocenters. The van der Waals surface area contributed by atoms with Crippen molar-refractivity contribution in [2.24, 2.45) is 0 Å². The van der Waals surface area contributed by atoms with E-state index < -0.39 is 5.97 Å². The van der Waals surface area contributed by atoms with Gasteiger partial charge in [0.1, 0.15) is 6.54 Å². The Balaban J connectivity index is 2.59. The van der Waals surface area contributed by atoms with E-state index in [-0.39, 0.29) is 18.0 Å². The number of carbonyl (C=O) groups excluding carboxylic acids is 1. The maximum Gasteiger partial charge on any atom is 0.335 e. The van der Waals surface area contributed by atoms with Crippen LogP contribution in [0.1, 0.15) is 10.4 Å². The van der Waals surface area contributed by atoms with Gasteiger partial charge in [0.2, 0.25) is 5.91 Å². The van der Waals surface area contributed by atoms with Gasteiger partial charge in [-0.05, 0) is 18.2 Å². The van der Waals surface area contributed by atoms with Crippen LogP contribution in [0.25, 0.3) is 0 Å². The Hall–Kier alpha value is -2.55. The molecule has 6 heteroatoms. The number of amides is 1. The van der Waals surface area contributed by atoms with Crippen LogP contribution in [0.3, 0.4) is 0 Å².